The molecule has 0 amide bonds. The highest BCUT2D eigenvalue weighted by molar-refractivity contribution is 5.95. The van der Waals surface area contributed by atoms with Crippen LogP contribution < -0.4 is 4.74 Å². The van der Waals surface area contributed by atoms with Crippen LogP contribution in [-0.2, 0) is 25.4 Å². The minimum Gasteiger partial charge on any atom is -0.497 e. The van der Waals surface area contributed by atoms with Gasteiger partial charge in [0, 0.05) is 42.9 Å². The van der Waals surface area contributed by atoms with Crippen LogP contribution in [0.2, 0.25) is 0 Å². The van der Waals surface area contributed by atoms with Gasteiger partial charge in [0.25, 0.3) is 0 Å². The molecular weight excluding hydrogens is 532 g/mol. The third-order valence-electron chi connectivity index (χ3n) is 9.85. The number of benzene rings is 3. The molecule has 1 saturated heterocycles. The Hall–Kier alpha value is -3.88. The van der Waals surface area contributed by atoms with E-state index in [0.717, 1.165) is 48.0 Å². The number of fused-ring (bicyclic) bond motifs is 7. The Morgan fingerprint density at radius 2 is 1.79 bits per heavy atom. The first-order valence-electron chi connectivity index (χ1n) is 14.7. The van der Waals surface area contributed by atoms with Crippen LogP contribution in [0.5, 0.6) is 5.75 Å². The van der Waals surface area contributed by atoms with Gasteiger partial charge in [-0.25, -0.2) is 4.79 Å². The van der Waals surface area contributed by atoms with Gasteiger partial charge in [0.05, 0.1) is 31.7 Å². The molecule has 0 unspecified atom stereocenters. The molecular formula is C34H36N2O6. The zero-order valence-electron chi connectivity index (χ0n) is 24.2. The maximum Gasteiger partial charge on any atom is 0.338 e. The monoisotopic (exact) mass is 568 g/mol. The topological polar surface area (TPSA) is 90.1 Å². The minimum atomic E-state index is -0.593. The standard InChI is InChI=1S/C34H36N2O6/c1-39-23-10-11-24-25-12-13-36-18-22-15-29(42-33(37)21-9-8-19-6-4-5-7-20(19)14-21)32(40-2)30(34(38)41-3)26(22)17-28(36)31(25)35-27(24)16-23/h4-11,14,16,22,26,28-30,32,35H,12-13,15,17-18H2,1-3H3/t22-,26+,28-,29-,30+,32+/m1/s1. The number of methoxy groups -OCH3 is 3. The zero-order chi connectivity index (χ0) is 29.0. The molecule has 3 aliphatic rings. The molecule has 1 aromatic heterocycles. The van der Waals surface area contributed by atoms with Crippen LogP contribution >= 0.6 is 0 Å². The number of nitrogens with zero attached hydrogens (tertiary/aromatic N) is 1. The van der Waals surface area contributed by atoms with Gasteiger partial charge in [-0.05, 0) is 71.7 Å². The number of rotatable bonds is 5. The molecule has 8 heteroatoms. The number of aromatic amines is 1. The molecule has 7 rings (SSSR count). The number of carbonyl (C=O) groups is 2. The Kier molecular flexibility index (Phi) is 6.91. The highest BCUT2D eigenvalue weighted by atomic mass is 16.6. The summed E-state index contributed by atoms with van der Waals surface area (Å²) in [5, 5.41) is 3.27. The van der Waals surface area contributed by atoms with Crippen molar-refractivity contribution in [3.05, 3.63) is 77.5 Å². The van der Waals surface area contributed by atoms with Crippen molar-refractivity contribution in [2.45, 2.75) is 37.5 Å². The fourth-order valence-electron chi connectivity index (χ4n) is 7.88. The third kappa shape index (κ3) is 4.44. The number of nitrogens with one attached hydrogen (secondary N) is 1. The lowest BCUT2D eigenvalue weighted by Gasteiger charge is -2.52. The Morgan fingerprint density at radius 1 is 0.952 bits per heavy atom. The van der Waals surface area contributed by atoms with E-state index in [0.29, 0.717) is 12.0 Å². The van der Waals surface area contributed by atoms with E-state index in [1.807, 2.05) is 42.5 Å². The molecule has 1 saturated carbocycles. The van der Waals surface area contributed by atoms with E-state index < -0.39 is 24.1 Å². The van der Waals surface area contributed by atoms with Gasteiger partial charge in [0.15, 0.2) is 0 Å². The van der Waals surface area contributed by atoms with Crippen LogP contribution in [0.4, 0.5) is 0 Å². The maximum atomic E-state index is 13.4. The molecule has 0 radical (unpaired) electrons. The number of hydrogen-bond acceptors (Lipinski definition) is 7. The summed E-state index contributed by atoms with van der Waals surface area (Å²) in [6.45, 7) is 1.76. The number of piperidine rings is 1. The Labute approximate surface area is 244 Å². The van der Waals surface area contributed by atoms with Crippen molar-refractivity contribution in [1.29, 1.82) is 0 Å². The summed E-state index contributed by atoms with van der Waals surface area (Å²) in [5.74, 6) is -0.228. The second kappa shape index (κ2) is 10.7. The molecule has 0 bridgehead atoms. The van der Waals surface area contributed by atoms with Crippen molar-refractivity contribution < 1.29 is 28.5 Å². The van der Waals surface area contributed by atoms with Crippen LogP contribution in [0.1, 0.15) is 40.5 Å². The van der Waals surface area contributed by atoms with E-state index in [-0.39, 0.29) is 23.8 Å². The number of H-pyrrole nitrogens is 1. The van der Waals surface area contributed by atoms with Crippen molar-refractivity contribution >= 4 is 33.6 Å². The maximum absolute atomic E-state index is 13.4. The van der Waals surface area contributed by atoms with Crippen molar-refractivity contribution in [3.63, 3.8) is 0 Å². The largest absolute Gasteiger partial charge is 0.497 e. The lowest BCUT2D eigenvalue weighted by atomic mass is 9.63. The summed E-state index contributed by atoms with van der Waals surface area (Å²) in [4.78, 5) is 33.0. The first-order valence-corrected chi connectivity index (χ1v) is 14.7. The number of carbonyl (C=O) groups excluding carboxylic acids is 2. The average Bonchev–Trinajstić information content (AvgIpc) is 3.40. The summed E-state index contributed by atoms with van der Waals surface area (Å²) in [6, 6.07) is 19.9. The second-order valence-corrected chi connectivity index (χ2v) is 11.8. The van der Waals surface area contributed by atoms with Crippen LogP contribution in [0, 0.1) is 17.8 Å². The van der Waals surface area contributed by atoms with Gasteiger partial charge in [-0.15, -0.1) is 0 Å². The van der Waals surface area contributed by atoms with Gasteiger partial charge in [-0.3, -0.25) is 9.69 Å². The quantitative estimate of drug-likeness (QED) is 0.327. The summed E-state index contributed by atoms with van der Waals surface area (Å²) >= 11 is 0. The molecule has 1 aliphatic carbocycles. The Balaban J connectivity index is 1.18. The lowest BCUT2D eigenvalue weighted by Crippen LogP contribution is -2.58. The van der Waals surface area contributed by atoms with E-state index in [2.05, 4.69) is 22.0 Å². The van der Waals surface area contributed by atoms with Gasteiger partial charge in [-0.1, -0.05) is 30.3 Å². The van der Waals surface area contributed by atoms with Crippen molar-refractivity contribution in [1.82, 2.24) is 9.88 Å². The smallest absolute Gasteiger partial charge is 0.338 e. The van der Waals surface area contributed by atoms with E-state index in [1.165, 1.54) is 23.8 Å². The van der Waals surface area contributed by atoms with Crippen LogP contribution in [0.15, 0.2) is 60.7 Å². The summed E-state index contributed by atoms with van der Waals surface area (Å²) in [7, 11) is 4.70. The van der Waals surface area contributed by atoms with Gasteiger partial charge in [-0.2, -0.15) is 0 Å². The van der Waals surface area contributed by atoms with E-state index >= 15 is 0 Å². The minimum absolute atomic E-state index is 0.0335. The fourth-order valence-corrected chi connectivity index (χ4v) is 7.88. The predicted molar refractivity (Wildman–Crippen MR) is 159 cm³/mol. The molecule has 3 aromatic carbocycles. The van der Waals surface area contributed by atoms with E-state index in [4.69, 9.17) is 18.9 Å². The predicted octanol–water partition coefficient (Wildman–Crippen LogP) is 5.30. The second-order valence-electron chi connectivity index (χ2n) is 11.8. The first kappa shape index (κ1) is 27.0. The highest BCUT2D eigenvalue weighted by Gasteiger charge is 2.54. The third-order valence-corrected chi connectivity index (χ3v) is 9.85. The normalized spacial score (nSPS) is 27.1. The van der Waals surface area contributed by atoms with Crippen LogP contribution in [0.3, 0.4) is 0 Å². The van der Waals surface area contributed by atoms with Gasteiger partial charge in [0.1, 0.15) is 18.0 Å². The van der Waals surface area contributed by atoms with E-state index in [9.17, 15) is 9.59 Å². The Bertz CT molecular complexity index is 1660. The van der Waals surface area contributed by atoms with Crippen LogP contribution in [0.25, 0.3) is 21.7 Å². The molecule has 4 aromatic rings. The lowest BCUT2D eigenvalue weighted by molar-refractivity contribution is -0.176. The highest BCUT2D eigenvalue weighted by Crippen LogP contribution is 2.50. The van der Waals surface area contributed by atoms with Gasteiger partial charge < -0.3 is 23.9 Å². The Morgan fingerprint density at radius 3 is 2.57 bits per heavy atom. The average molecular weight is 569 g/mol. The molecule has 3 heterocycles. The van der Waals surface area contributed by atoms with Crippen molar-refractivity contribution in [3.8, 4) is 5.75 Å². The summed E-state index contributed by atoms with van der Waals surface area (Å²) in [6.07, 6.45) is 1.24. The molecule has 218 valence electrons. The van der Waals surface area contributed by atoms with Crippen molar-refractivity contribution in [2.75, 3.05) is 34.4 Å². The zero-order valence-corrected chi connectivity index (χ0v) is 24.2. The van der Waals surface area contributed by atoms with Gasteiger partial charge >= 0.3 is 11.9 Å². The van der Waals surface area contributed by atoms with Crippen molar-refractivity contribution in [2.24, 2.45) is 17.8 Å². The SMILES string of the molecule is COC(=O)[C@H]1[C@H]2C[C@@H]3c4[nH]c5cc(OC)ccc5c4CCN3C[C@H]2C[C@@H](OC(=O)c2ccc3ccccc3c2)[C@@H]1OC. The molecule has 1 N–H and O–H groups in total. The number of ether oxygens (including phenoxy) is 4. The molecule has 42 heavy (non-hydrogen) atoms. The first-order chi connectivity index (χ1) is 20.5. The number of aromatic nitrogens is 1. The van der Waals surface area contributed by atoms with Gasteiger partial charge in [0.2, 0.25) is 0 Å². The molecule has 6 atom stereocenters. The number of esters is 2. The molecule has 2 fully saturated rings. The summed E-state index contributed by atoms with van der Waals surface area (Å²) < 4.78 is 22.9. The van der Waals surface area contributed by atoms with Crippen LogP contribution in [-0.4, -0.2) is 68.4 Å². The fraction of sp³-hybridized carbons (Fsp3) is 0.412. The molecule has 8 nitrogen and oxygen atoms in total. The molecule has 0 spiro atoms. The molecule has 2 aliphatic heterocycles. The number of hydrogen-bond donors (Lipinski definition) is 1. The van der Waals surface area contributed by atoms with E-state index in [1.54, 1.807) is 20.3 Å². The summed E-state index contributed by atoms with van der Waals surface area (Å²) in [5.41, 5.74) is 4.14.